The Hall–Kier alpha value is -0.740. The standard InChI is InChI=1S/C13H16ClF3O/c1-8-4-9(2)12(10(3)5-8)11(14)6-18-7-13(15,16)17/h4-5,11H,6-7H2,1-3H3. The highest BCUT2D eigenvalue weighted by Gasteiger charge is 2.28. The van der Waals surface area contributed by atoms with E-state index in [0.29, 0.717) is 0 Å². The minimum absolute atomic E-state index is 0.147. The van der Waals surface area contributed by atoms with E-state index >= 15 is 0 Å². The van der Waals surface area contributed by atoms with E-state index in [1.807, 2.05) is 32.9 Å². The van der Waals surface area contributed by atoms with Crippen LogP contribution in [0.4, 0.5) is 13.2 Å². The smallest absolute Gasteiger partial charge is 0.370 e. The van der Waals surface area contributed by atoms with Crippen LogP contribution >= 0.6 is 11.6 Å². The van der Waals surface area contributed by atoms with E-state index in [1.54, 1.807) is 0 Å². The van der Waals surface area contributed by atoms with Gasteiger partial charge in [0.25, 0.3) is 0 Å². The number of hydrogen-bond donors (Lipinski definition) is 0. The van der Waals surface area contributed by atoms with Gasteiger partial charge in [-0.2, -0.15) is 13.2 Å². The summed E-state index contributed by atoms with van der Waals surface area (Å²) < 4.78 is 40.5. The van der Waals surface area contributed by atoms with E-state index in [4.69, 9.17) is 11.6 Å². The third-order valence-corrected chi connectivity index (χ3v) is 2.93. The van der Waals surface area contributed by atoms with Crippen LogP contribution in [0.15, 0.2) is 12.1 Å². The van der Waals surface area contributed by atoms with Gasteiger partial charge in [-0.25, -0.2) is 0 Å². The van der Waals surface area contributed by atoms with Crippen LogP contribution in [0.2, 0.25) is 0 Å². The van der Waals surface area contributed by atoms with Gasteiger partial charge < -0.3 is 4.74 Å². The molecule has 0 heterocycles. The van der Waals surface area contributed by atoms with Gasteiger partial charge >= 0.3 is 6.18 Å². The summed E-state index contributed by atoms with van der Waals surface area (Å²) in [6.07, 6.45) is -4.31. The summed E-state index contributed by atoms with van der Waals surface area (Å²) in [7, 11) is 0. The third-order valence-electron chi connectivity index (χ3n) is 2.58. The van der Waals surface area contributed by atoms with E-state index < -0.39 is 18.2 Å². The van der Waals surface area contributed by atoms with Gasteiger partial charge in [-0.05, 0) is 37.5 Å². The van der Waals surface area contributed by atoms with Crippen LogP contribution in [0, 0.1) is 20.8 Å². The van der Waals surface area contributed by atoms with Crippen molar-refractivity contribution < 1.29 is 17.9 Å². The van der Waals surface area contributed by atoms with Crippen molar-refractivity contribution >= 4 is 11.6 Å². The molecule has 0 aliphatic heterocycles. The molecule has 0 saturated heterocycles. The number of halogens is 4. The van der Waals surface area contributed by atoms with E-state index in [0.717, 1.165) is 22.3 Å². The summed E-state index contributed by atoms with van der Waals surface area (Å²) in [4.78, 5) is 0. The van der Waals surface area contributed by atoms with Crippen molar-refractivity contribution in [3.63, 3.8) is 0 Å². The van der Waals surface area contributed by atoms with Crippen molar-refractivity contribution in [1.29, 1.82) is 0 Å². The lowest BCUT2D eigenvalue weighted by atomic mass is 9.97. The SMILES string of the molecule is Cc1cc(C)c(C(Cl)COCC(F)(F)F)c(C)c1. The Morgan fingerprint density at radius 1 is 1.17 bits per heavy atom. The monoisotopic (exact) mass is 280 g/mol. The number of benzene rings is 1. The maximum Gasteiger partial charge on any atom is 0.411 e. The Morgan fingerprint density at radius 2 is 1.67 bits per heavy atom. The maximum absolute atomic E-state index is 12.0. The van der Waals surface area contributed by atoms with E-state index in [-0.39, 0.29) is 6.61 Å². The molecule has 0 bridgehead atoms. The highest BCUT2D eigenvalue weighted by Crippen LogP contribution is 2.29. The van der Waals surface area contributed by atoms with Crippen LogP contribution in [0.25, 0.3) is 0 Å². The summed E-state index contributed by atoms with van der Waals surface area (Å²) in [5.74, 6) is 0. The average Bonchev–Trinajstić information content (AvgIpc) is 2.13. The number of ether oxygens (including phenoxy) is 1. The molecular formula is C13H16ClF3O. The third kappa shape index (κ3) is 4.50. The zero-order valence-corrected chi connectivity index (χ0v) is 11.3. The minimum atomic E-state index is -4.31. The van der Waals surface area contributed by atoms with Crippen molar-refractivity contribution in [2.75, 3.05) is 13.2 Å². The lowest BCUT2D eigenvalue weighted by Gasteiger charge is -2.17. The van der Waals surface area contributed by atoms with Crippen LogP contribution in [-0.2, 0) is 4.74 Å². The van der Waals surface area contributed by atoms with Crippen molar-refractivity contribution in [1.82, 2.24) is 0 Å². The van der Waals surface area contributed by atoms with Gasteiger partial charge in [-0.1, -0.05) is 17.7 Å². The fourth-order valence-corrected chi connectivity index (χ4v) is 2.48. The van der Waals surface area contributed by atoms with E-state index in [1.165, 1.54) is 0 Å². The zero-order chi connectivity index (χ0) is 13.9. The molecule has 0 aromatic heterocycles. The molecule has 1 atom stereocenters. The van der Waals surface area contributed by atoms with Crippen LogP contribution < -0.4 is 0 Å². The molecule has 0 spiro atoms. The first-order valence-electron chi connectivity index (χ1n) is 5.57. The first-order chi connectivity index (χ1) is 8.20. The van der Waals surface area contributed by atoms with Gasteiger partial charge in [0.2, 0.25) is 0 Å². The van der Waals surface area contributed by atoms with Gasteiger partial charge in [-0.3, -0.25) is 0 Å². The maximum atomic E-state index is 12.0. The molecule has 0 radical (unpaired) electrons. The summed E-state index contributed by atoms with van der Waals surface area (Å²) in [5, 5.41) is -0.562. The topological polar surface area (TPSA) is 9.23 Å². The fourth-order valence-electron chi connectivity index (χ4n) is 2.05. The Bertz CT molecular complexity index is 392. The fraction of sp³-hybridized carbons (Fsp3) is 0.538. The van der Waals surface area contributed by atoms with Gasteiger partial charge in [0.05, 0.1) is 12.0 Å². The number of rotatable bonds is 4. The van der Waals surface area contributed by atoms with E-state index in [9.17, 15) is 13.2 Å². The highest BCUT2D eigenvalue weighted by atomic mass is 35.5. The Balaban J connectivity index is 2.70. The Labute approximate surface area is 110 Å². The second-order valence-electron chi connectivity index (χ2n) is 4.41. The van der Waals surface area contributed by atoms with Crippen LogP contribution in [0.3, 0.4) is 0 Å². The molecule has 1 aromatic rings. The van der Waals surface area contributed by atoms with Crippen LogP contribution in [0.1, 0.15) is 27.6 Å². The largest absolute Gasteiger partial charge is 0.411 e. The molecule has 102 valence electrons. The molecular weight excluding hydrogens is 265 g/mol. The first-order valence-corrected chi connectivity index (χ1v) is 6.00. The minimum Gasteiger partial charge on any atom is -0.370 e. The van der Waals surface area contributed by atoms with Gasteiger partial charge in [-0.15, -0.1) is 11.6 Å². The van der Waals surface area contributed by atoms with Gasteiger partial charge in [0.15, 0.2) is 0 Å². The van der Waals surface area contributed by atoms with Gasteiger partial charge in [0.1, 0.15) is 6.61 Å². The van der Waals surface area contributed by atoms with Crippen LogP contribution in [-0.4, -0.2) is 19.4 Å². The lowest BCUT2D eigenvalue weighted by Crippen LogP contribution is -2.19. The second kappa shape index (κ2) is 5.93. The predicted molar refractivity (Wildman–Crippen MR) is 66.1 cm³/mol. The molecule has 0 aliphatic carbocycles. The molecule has 1 rings (SSSR count). The molecule has 18 heavy (non-hydrogen) atoms. The average molecular weight is 281 g/mol. The molecule has 0 saturated carbocycles. The summed E-state index contributed by atoms with van der Waals surface area (Å²) in [6, 6.07) is 3.92. The molecule has 0 N–H and O–H groups in total. The van der Waals surface area contributed by atoms with Crippen molar-refractivity contribution in [3.8, 4) is 0 Å². The lowest BCUT2D eigenvalue weighted by molar-refractivity contribution is -0.173. The molecule has 1 unspecified atom stereocenters. The molecule has 0 fully saturated rings. The summed E-state index contributed by atoms with van der Waals surface area (Å²) in [6.45, 7) is 4.35. The van der Waals surface area contributed by atoms with Crippen molar-refractivity contribution in [2.45, 2.75) is 32.3 Å². The summed E-state index contributed by atoms with van der Waals surface area (Å²) >= 11 is 6.11. The molecule has 1 aromatic carbocycles. The van der Waals surface area contributed by atoms with Gasteiger partial charge in [0, 0.05) is 0 Å². The molecule has 0 amide bonds. The molecule has 0 aliphatic rings. The van der Waals surface area contributed by atoms with E-state index in [2.05, 4.69) is 4.74 Å². The summed E-state index contributed by atoms with van der Waals surface area (Å²) in [5.41, 5.74) is 3.91. The quantitative estimate of drug-likeness (QED) is 0.740. The van der Waals surface area contributed by atoms with Crippen molar-refractivity contribution in [3.05, 3.63) is 34.4 Å². The first kappa shape index (κ1) is 15.3. The normalized spacial score (nSPS) is 13.7. The second-order valence-corrected chi connectivity index (χ2v) is 4.94. The Kier molecular flexibility index (Phi) is 5.05. The van der Waals surface area contributed by atoms with Crippen LogP contribution in [0.5, 0.6) is 0 Å². The molecule has 5 heteroatoms. The Morgan fingerprint density at radius 3 is 2.11 bits per heavy atom. The molecule has 1 nitrogen and oxygen atoms in total. The number of alkyl halides is 4. The number of hydrogen-bond acceptors (Lipinski definition) is 1. The predicted octanol–water partition coefficient (Wildman–Crippen LogP) is 4.47. The zero-order valence-electron chi connectivity index (χ0n) is 10.6. The van der Waals surface area contributed by atoms with Crippen molar-refractivity contribution in [2.24, 2.45) is 0 Å². The highest BCUT2D eigenvalue weighted by molar-refractivity contribution is 6.21. The number of aryl methyl sites for hydroxylation is 3.